The third kappa shape index (κ3) is 3.74. The van der Waals surface area contributed by atoms with Gasteiger partial charge in [-0.25, -0.2) is 4.79 Å². The van der Waals surface area contributed by atoms with Crippen molar-refractivity contribution >= 4 is 5.97 Å². The molecule has 1 N–H and O–H groups in total. The van der Waals surface area contributed by atoms with Gasteiger partial charge >= 0.3 is 5.97 Å². The first-order valence-corrected chi connectivity index (χ1v) is 9.62. The molecule has 0 spiro atoms. The number of fused-ring (bicyclic) bond motifs is 2. The van der Waals surface area contributed by atoms with Gasteiger partial charge in [-0.15, -0.1) is 6.58 Å². The van der Waals surface area contributed by atoms with Crippen molar-refractivity contribution in [1.29, 1.82) is 0 Å². The van der Waals surface area contributed by atoms with Crippen molar-refractivity contribution in [2.75, 3.05) is 6.61 Å². The van der Waals surface area contributed by atoms with Crippen LogP contribution in [0.15, 0.2) is 43.0 Å². The fourth-order valence-electron chi connectivity index (χ4n) is 3.91. The minimum atomic E-state index is -2.06. The number of esters is 1. The van der Waals surface area contributed by atoms with Crippen LogP contribution < -0.4 is 0 Å². The predicted octanol–water partition coefficient (Wildman–Crippen LogP) is 3.13. The molecule has 0 aromatic heterocycles. The lowest BCUT2D eigenvalue weighted by Crippen LogP contribution is -2.72. The molecular formula is C22H30O6. The molecule has 28 heavy (non-hydrogen) atoms. The molecule has 1 aromatic rings. The molecule has 4 atom stereocenters. The van der Waals surface area contributed by atoms with E-state index in [9.17, 15) is 9.90 Å². The van der Waals surface area contributed by atoms with Crippen LogP contribution in [0, 0.1) is 0 Å². The summed E-state index contributed by atoms with van der Waals surface area (Å²) >= 11 is 0. The Morgan fingerprint density at radius 1 is 1.32 bits per heavy atom. The molecule has 1 aromatic carbocycles. The van der Waals surface area contributed by atoms with E-state index in [1.807, 2.05) is 30.3 Å². The molecule has 0 unspecified atom stereocenters. The summed E-state index contributed by atoms with van der Waals surface area (Å²) in [5.74, 6) is -1.71. The summed E-state index contributed by atoms with van der Waals surface area (Å²) in [6.45, 7) is 11.2. The van der Waals surface area contributed by atoms with Gasteiger partial charge in [-0.2, -0.15) is 0 Å². The highest BCUT2D eigenvalue weighted by molar-refractivity contribution is 5.83. The maximum absolute atomic E-state index is 13.1. The average molecular weight is 390 g/mol. The largest absolute Gasteiger partial charge is 0.458 e. The first-order chi connectivity index (χ1) is 13.0. The molecule has 2 saturated heterocycles. The summed E-state index contributed by atoms with van der Waals surface area (Å²) in [5, 5.41) is 11.6. The predicted molar refractivity (Wildman–Crippen MR) is 103 cm³/mol. The second-order valence-corrected chi connectivity index (χ2v) is 8.75. The number of ether oxygens (including phenoxy) is 4. The fourth-order valence-corrected chi connectivity index (χ4v) is 3.91. The Bertz CT molecular complexity index is 726. The topological polar surface area (TPSA) is 74.2 Å². The quantitative estimate of drug-likeness (QED) is 0.594. The molecule has 6 heteroatoms. The SMILES string of the molecule is C=C[C@H]1O[C@@]2(C)CC[C@](COCc3ccccc3)(O2)[C@]1(O)C(=O)OC(C)(C)C. The lowest BCUT2D eigenvalue weighted by atomic mass is 9.76. The number of aliphatic hydroxyl groups is 1. The number of carbonyl (C=O) groups excluding carboxylic acids is 1. The second kappa shape index (κ2) is 7.26. The maximum atomic E-state index is 13.1. The number of carbonyl (C=O) groups is 1. The van der Waals surface area contributed by atoms with Crippen LogP contribution >= 0.6 is 0 Å². The van der Waals surface area contributed by atoms with Crippen LogP contribution in [0.25, 0.3) is 0 Å². The minimum Gasteiger partial charge on any atom is -0.458 e. The molecular weight excluding hydrogens is 360 g/mol. The van der Waals surface area contributed by atoms with Crippen LogP contribution in [0.2, 0.25) is 0 Å². The number of hydrogen-bond acceptors (Lipinski definition) is 6. The summed E-state index contributed by atoms with van der Waals surface area (Å²) in [5.41, 5.74) is -3.12. The van der Waals surface area contributed by atoms with E-state index >= 15 is 0 Å². The van der Waals surface area contributed by atoms with Crippen molar-refractivity contribution in [1.82, 2.24) is 0 Å². The second-order valence-electron chi connectivity index (χ2n) is 8.75. The summed E-state index contributed by atoms with van der Waals surface area (Å²) in [4.78, 5) is 13.1. The van der Waals surface area contributed by atoms with Gasteiger partial charge in [0.05, 0.1) is 13.2 Å². The van der Waals surface area contributed by atoms with Gasteiger partial charge in [0, 0.05) is 6.42 Å². The van der Waals surface area contributed by atoms with Crippen molar-refractivity contribution in [2.45, 2.75) is 75.8 Å². The Kier molecular flexibility index (Phi) is 5.44. The van der Waals surface area contributed by atoms with E-state index in [1.54, 1.807) is 27.7 Å². The maximum Gasteiger partial charge on any atom is 0.344 e. The zero-order chi connectivity index (χ0) is 20.6. The standard InChI is InChI=1S/C22H30O6/c1-6-17-22(24,18(23)27-19(2,3)4)21(13-12-20(5,26-17)28-21)15-25-14-16-10-8-7-9-11-16/h6-11,17,24H,1,12-15H2,2-5H3/t17-,20-,21-,22-/m1/s1. The summed E-state index contributed by atoms with van der Waals surface area (Å²) in [6.07, 6.45) is 1.39. The molecule has 2 bridgehead atoms. The van der Waals surface area contributed by atoms with Crippen molar-refractivity contribution in [3.05, 3.63) is 48.6 Å². The van der Waals surface area contributed by atoms with Crippen LogP contribution in [0.4, 0.5) is 0 Å². The normalized spacial score (nSPS) is 34.8. The minimum absolute atomic E-state index is 0.0287. The average Bonchev–Trinajstić information content (AvgIpc) is 2.92. The van der Waals surface area contributed by atoms with E-state index in [4.69, 9.17) is 18.9 Å². The first kappa shape index (κ1) is 21.0. The Morgan fingerprint density at radius 2 is 2.00 bits per heavy atom. The first-order valence-electron chi connectivity index (χ1n) is 9.62. The van der Waals surface area contributed by atoms with Gasteiger partial charge in [-0.3, -0.25) is 0 Å². The zero-order valence-corrected chi connectivity index (χ0v) is 17.1. The number of hydrogen-bond donors (Lipinski definition) is 1. The Hall–Kier alpha value is -1.73. The highest BCUT2D eigenvalue weighted by Gasteiger charge is 2.72. The van der Waals surface area contributed by atoms with Crippen molar-refractivity contribution in [3.8, 4) is 0 Å². The van der Waals surface area contributed by atoms with E-state index in [2.05, 4.69) is 6.58 Å². The van der Waals surface area contributed by atoms with Crippen LogP contribution in [-0.4, -0.2) is 46.4 Å². The Morgan fingerprint density at radius 3 is 2.61 bits per heavy atom. The van der Waals surface area contributed by atoms with Crippen LogP contribution in [0.3, 0.4) is 0 Å². The van der Waals surface area contributed by atoms with E-state index in [1.165, 1.54) is 6.08 Å². The van der Waals surface area contributed by atoms with Gasteiger partial charge < -0.3 is 24.1 Å². The molecule has 2 aliphatic heterocycles. The van der Waals surface area contributed by atoms with Gasteiger partial charge in [0.2, 0.25) is 5.60 Å². The molecule has 154 valence electrons. The van der Waals surface area contributed by atoms with E-state index < -0.39 is 34.7 Å². The highest BCUT2D eigenvalue weighted by atomic mass is 16.8. The number of benzene rings is 1. The monoisotopic (exact) mass is 390 g/mol. The number of rotatable bonds is 6. The Balaban J connectivity index is 1.89. The smallest absolute Gasteiger partial charge is 0.344 e. The van der Waals surface area contributed by atoms with Crippen LogP contribution in [0.5, 0.6) is 0 Å². The molecule has 0 amide bonds. The van der Waals surface area contributed by atoms with Crippen molar-refractivity contribution < 1.29 is 28.8 Å². The summed E-state index contributed by atoms with van der Waals surface area (Å²) < 4.78 is 23.5. The molecule has 2 fully saturated rings. The molecule has 2 aliphatic rings. The molecule has 6 nitrogen and oxygen atoms in total. The molecule has 3 rings (SSSR count). The van der Waals surface area contributed by atoms with E-state index in [0.717, 1.165) is 5.56 Å². The third-order valence-electron chi connectivity index (χ3n) is 5.25. The van der Waals surface area contributed by atoms with Gasteiger partial charge in [-0.05, 0) is 39.7 Å². The van der Waals surface area contributed by atoms with Crippen LogP contribution in [-0.2, 0) is 30.3 Å². The van der Waals surface area contributed by atoms with Gasteiger partial charge in [0.25, 0.3) is 0 Å². The molecule has 0 saturated carbocycles. The van der Waals surface area contributed by atoms with Crippen molar-refractivity contribution in [2.24, 2.45) is 0 Å². The van der Waals surface area contributed by atoms with Crippen molar-refractivity contribution in [3.63, 3.8) is 0 Å². The van der Waals surface area contributed by atoms with Gasteiger partial charge in [-0.1, -0.05) is 36.4 Å². The van der Waals surface area contributed by atoms with E-state index in [0.29, 0.717) is 19.4 Å². The molecule has 2 heterocycles. The lowest BCUT2D eigenvalue weighted by Gasteiger charge is -2.51. The lowest BCUT2D eigenvalue weighted by molar-refractivity contribution is -0.366. The summed E-state index contributed by atoms with van der Waals surface area (Å²) in [6, 6.07) is 9.70. The van der Waals surface area contributed by atoms with Gasteiger partial charge in [0.1, 0.15) is 17.3 Å². The summed E-state index contributed by atoms with van der Waals surface area (Å²) in [7, 11) is 0. The zero-order valence-electron chi connectivity index (χ0n) is 17.1. The van der Waals surface area contributed by atoms with E-state index in [-0.39, 0.29) is 6.61 Å². The highest BCUT2D eigenvalue weighted by Crippen LogP contribution is 2.53. The van der Waals surface area contributed by atoms with Gasteiger partial charge in [0.15, 0.2) is 5.79 Å². The Labute approximate surface area is 166 Å². The molecule has 0 radical (unpaired) electrons. The third-order valence-corrected chi connectivity index (χ3v) is 5.25. The fraction of sp³-hybridized carbons (Fsp3) is 0.591. The van der Waals surface area contributed by atoms with Crippen LogP contribution in [0.1, 0.15) is 46.1 Å². The molecule has 0 aliphatic carbocycles.